The molecule has 0 bridgehead atoms. The molecule has 2 nitrogen and oxygen atoms in total. The summed E-state index contributed by atoms with van der Waals surface area (Å²) in [5.74, 6) is 0.739. The molecule has 2 aromatic carbocycles. The minimum atomic E-state index is 0.122. The van der Waals surface area contributed by atoms with Gasteiger partial charge in [-0.15, -0.1) is 0 Å². The molecule has 0 aliphatic heterocycles. The fourth-order valence-electron chi connectivity index (χ4n) is 2.08. The molecule has 1 atom stereocenters. The largest absolute Gasteiger partial charge is 0.487 e. The summed E-state index contributed by atoms with van der Waals surface area (Å²) in [4.78, 5) is 0. The fourth-order valence-corrected chi connectivity index (χ4v) is 2.78. The average Bonchev–Trinajstić information content (AvgIpc) is 2.46. The second-order valence-electron chi connectivity index (χ2n) is 5.02. The summed E-state index contributed by atoms with van der Waals surface area (Å²) < 4.78 is 6.98. The van der Waals surface area contributed by atoms with Crippen molar-refractivity contribution in [2.24, 2.45) is 5.73 Å². The third-order valence-corrected chi connectivity index (χ3v) is 4.12. The van der Waals surface area contributed by atoms with E-state index in [1.54, 1.807) is 0 Å². The molecular weight excluding hydrogens is 350 g/mol. The third kappa shape index (κ3) is 4.73. The van der Waals surface area contributed by atoms with Crippen LogP contribution in [0.15, 0.2) is 46.9 Å². The Morgan fingerprint density at radius 3 is 2.71 bits per heavy atom. The van der Waals surface area contributed by atoms with Gasteiger partial charge in [0.25, 0.3) is 0 Å². The molecule has 0 amide bonds. The zero-order chi connectivity index (χ0) is 15.2. The molecule has 0 spiro atoms. The van der Waals surface area contributed by atoms with E-state index in [-0.39, 0.29) is 6.04 Å². The van der Waals surface area contributed by atoms with E-state index in [9.17, 15) is 0 Å². The van der Waals surface area contributed by atoms with Gasteiger partial charge in [-0.25, -0.2) is 0 Å². The molecule has 0 radical (unpaired) electrons. The van der Waals surface area contributed by atoms with Gasteiger partial charge in [-0.1, -0.05) is 58.7 Å². The maximum absolute atomic E-state index is 6.28. The van der Waals surface area contributed by atoms with E-state index in [2.05, 4.69) is 22.9 Å². The summed E-state index contributed by atoms with van der Waals surface area (Å²) in [5.41, 5.74) is 8.20. The van der Waals surface area contributed by atoms with Crippen LogP contribution in [0.3, 0.4) is 0 Å². The van der Waals surface area contributed by atoms with Crippen molar-refractivity contribution >= 4 is 27.5 Å². The van der Waals surface area contributed by atoms with Crippen molar-refractivity contribution in [2.75, 3.05) is 0 Å². The third-order valence-electron chi connectivity index (χ3n) is 3.33. The van der Waals surface area contributed by atoms with Crippen molar-refractivity contribution in [1.29, 1.82) is 0 Å². The highest BCUT2D eigenvalue weighted by Crippen LogP contribution is 2.30. The fraction of sp³-hybridized carbons (Fsp3) is 0.294. The van der Waals surface area contributed by atoms with Crippen molar-refractivity contribution < 1.29 is 4.74 Å². The smallest absolute Gasteiger partial charge is 0.141 e. The van der Waals surface area contributed by atoms with Gasteiger partial charge in [0, 0.05) is 10.5 Å². The molecule has 0 saturated heterocycles. The zero-order valence-electron chi connectivity index (χ0n) is 12.0. The van der Waals surface area contributed by atoms with Crippen molar-refractivity contribution in [3.05, 3.63) is 63.1 Å². The normalized spacial score (nSPS) is 12.2. The van der Waals surface area contributed by atoms with Crippen LogP contribution in [0.4, 0.5) is 0 Å². The Morgan fingerprint density at radius 2 is 2.00 bits per heavy atom. The lowest BCUT2D eigenvalue weighted by molar-refractivity contribution is 0.302. The first-order valence-electron chi connectivity index (χ1n) is 7.00. The van der Waals surface area contributed by atoms with Gasteiger partial charge in [0.2, 0.25) is 0 Å². The summed E-state index contributed by atoms with van der Waals surface area (Å²) in [6.07, 6.45) is 1.70. The van der Waals surface area contributed by atoms with Crippen LogP contribution in [0.2, 0.25) is 5.02 Å². The van der Waals surface area contributed by atoms with Crippen molar-refractivity contribution in [2.45, 2.75) is 32.4 Å². The Balaban J connectivity index is 2.15. The SMILES string of the molecule is CCC(N)Cc1cccc(Cl)c1OCc1cccc(Br)c1. The molecular formula is C17H19BrClNO. The molecule has 0 aliphatic rings. The van der Waals surface area contributed by atoms with Gasteiger partial charge in [0.15, 0.2) is 0 Å². The second kappa shape index (κ2) is 7.83. The Hall–Kier alpha value is -1.03. The molecule has 0 aliphatic carbocycles. The molecule has 2 N–H and O–H groups in total. The van der Waals surface area contributed by atoms with E-state index < -0.39 is 0 Å². The van der Waals surface area contributed by atoms with E-state index in [4.69, 9.17) is 22.1 Å². The Morgan fingerprint density at radius 1 is 1.24 bits per heavy atom. The monoisotopic (exact) mass is 367 g/mol. The van der Waals surface area contributed by atoms with E-state index in [0.717, 1.165) is 34.2 Å². The number of para-hydroxylation sites is 1. The van der Waals surface area contributed by atoms with E-state index >= 15 is 0 Å². The van der Waals surface area contributed by atoms with E-state index in [0.29, 0.717) is 11.6 Å². The Bertz CT molecular complexity index is 603. The van der Waals surface area contributed by atoms with Gasteiger partial charge in [-0.3, -0.25) is 0 Å². The standard InChI is InChI=1S/C17H19BrClNO/c1-2-15(20)10-13-6-4-8-16(19)17(13)21-11-12-5-3-7-14(18)9-12/h3-9,15H,2,10-11,20H2,1H3. The minimum absolute atomic E-state index is 0.122. The van der Waals surface area contributed by atoms with Crippen LogP contribution in [-0.2, 0) is 13.0 Å². The zero-order valence-corrected chi connectivity index (χ0v) is 14.3. The molecule has 112 valence electrons. The molecule has 0 heterocycles. The molecule has 0 aromatic heterocycles. The van der Waals surface area contributed by atoms with Gasteiger partial charge < -0.3 is 10.5 Å². The number of ether oxygens (including phenoxy) is 1. The first-order valence-corrected chi connectivity index (χ1v) is 8.17. The summed E-state index contributed by atoms with van der Waals surface area (Å²) in [5, 5.41) is 0.630. The van der Waals surface area contributed by atoms with Crippen LogP contribution in [0.5, 0.6) is 5.75 Å². The van der Waals surface area contributed by atoms with Gasteiger partial charge in [0.1, 0.15) is 12.4 Å². The van der Waals surface area contributed by atoms with Gasteiger partial charge >= 0.3 is 0 Å². The first-order chi connectivity index (χ1) is 10.1. The number of halogens is 2. The van der Waals surface area contributed by atoms with Crippen molar-refractivity contribution in [3.63, 3.8) is 0 Å². The van der Waals surface area contributed by atoms with Crippen LogP contribution in [0.1, 0.15) is 24.5 Å². The number of hydrogen-bond donors (Lipinski definition) is 1. The molecule has 2 rings (SSSR count). The summed E-state index contributed by atoms with van der Waals surface area (Å²) in [6, 6.07) is 14.0. The molecule has 0 saturated carbocycles. The van der Waals surface area contributed by atoms with Crippen LogP contribution in [0, 0.1) is 0 Å². The molecule has 21 heavy (non-hydrogen) atoms. The summed E-state index contributed by atoms with van der Waals surface area (Å²) >= 11 is 9.74. The highest BCUT2D eigenvalue weighted by atomic mass is 79.9. The lowest BCUT2D eigenvalue weighted by Gasteiger charge is -2.16. The maximum Gasteiger partial charge on any atom is 0.141 e. The summed E-state index contributed by atoms with van der Waals surface area (Å²) in [7, 11) is 0. The Labute approximate surface area is 139 Å². The van der Waals surface area contributed by atoms with Gasteiger partial charge in [-0.2, -0.15) is 0 Å². The van der Waals surface area contributed by atoms with Crippen molar-refractivity contribution in [1.82, 2.24) is 0 Å². The van der Waals surface area contributed by atoms with Crippen LogP contribution >= 0.6 is 27.5 Å². The number of nitrogens with two attached hydrogens (primary N) is 1. The second-order valence-corrected chi connectivity index (χ2v) is 6.34. The molecule has 1 unspecified atom stereocenters. The van der Waals surface area contributed by atoms with Crippen molar-refractivity contribution in [3.8, 4) is 5.75 Å². The topological polar surface area (TPSA) is 35.2 Å². The average molecular weight is 369 g/mol. The first kappa shape index (κ1) is 16.3. The van der Waals surface area contributed by atoms with E-state index in [1.807, 2.05) is 42.5 Å². The predicted octanol–water partition coefficient (Wildman–Crippen LogP) is 4.96. The Kier molecular flexibility index (Phi) is 6.09. The van der Waals surface area contributed by atoms with Crippen LogP contribution < -0.4 is 10.5 Å². The molecule has 4 heteroatoms. The summed E-state index contributed by atoms with van der Waals surface area (Å²) in [6.45, 7) is 2.56. The molecule has 0 fully saturated rings. The number of benzene rings is 2. The predicted molar refractivity (Wildman–Crippen MR) is 91.9 cm³/mol. The van der Waals surface area contributed by atoms with E-state index in [1.165, 1.54) is 0 Å². The number of hydrogen-bond acceptors (Lipinski definition) is 2. The van der Waals surface area contributed by atoms with Gasteiger partial charge in [-0.05, 0) is 42.2 Å². The maximum atomic E-state index is 6.28. The number of rotatable bonds is 6. The highest BCUT2D eigenvalue weighted by molar-refractivity contribution is 9.10. The quantitative estimate of drug-likeness (QED) is 0.782. The van der Waals surface area contributed by atoms with Crippen LogP contribution in [0.25, 0.3) is 0 Å². The molecule has 2 aromatic rings. The lowest BCUT2D eigenvalue weighted by Crippen LogP contribution is -2.21. The lowest BCUT2D eigenvalue weighted by atomic mass is 10.0. The minimum Gasteiger partial charge on any atom is -0.487 e. The van der Waals surface area contributed by atoms with Crippen LogP contribution in [-0.4, -0.2) is 6.04 Å². The highest BCUT2D eigenvalue weighted by Gasteiger charge is 2.11. The van der Waals surface area contributed by atoms with Gasteiger partial charge in [0.05, 0.1) is 5.02 Å².